The standard InChI is InChI=1S/C11H15BO3.CH2O2.CH4O/c1-7-6-9-4-5-10(14-3)8(2)11(9)15-12(7)13;2-1-3;1-2/h4-5,7,13H,6H2,1-3H3;1H,(H,2,3);2H,1H3. The van der Waals surface area contributed by atoms with Gasteiger partial charge in [0.15, 0.2) is 0 Å². The van der Waals surface area contributed by atoms with E-state index in [1.54, 1.807) is 7.11 Å². The summed E-state index contributed by atoms with van der Waals surface area (Å²) in [4.78, 5) is 8.36. The number of hydrogen-bond acceptors (Lipinski definition) is 5. The van der Waals surface area contributed by atoms with Gasteiger partial charge in [0.05, 0.1) is 7.11 Å². The summed E-state index contributed by atoms with van der Waals surface area (Å²) in [6.07, 6.45) is 0.849. The largest absolute Gasteiger partial charge is 0.535 e. The quantitative estimate of drug-likeness (QED) is 0.528. The van der Waals surface area contributed by atoms with Crippen LogP contribution in [0.25, 0.3) is 0 Å². The van der Waals surface area contributed by atoms with Crippen LogP contribution in [-0.4, -0.2) is 43.0 Å². The molecule has 7 heteroatoms. The van der Waals surface area contributed by atoms with E-state index < -0.39 is 7.12 Å². The number of carbonyl (C=O) groups is 1. The van der Waals surface area contributed by atoms with E-state index in [1.165, 1.54) is 0 Å². The Morgan fingerprint density at radius 2 is 2.00 bits per heavy atom. The predicted octanol–water partition coefficient (Wildman–Crippen LogP) is 1.12. The second kappa shape index (κ2) is 9.22. The zero-order valence-electron chi connectivity index (χ0n) is 12.2. The highest BCUT2D eigenvalue weighted by Gasteiger charge is 2.32. The molecule has 0 aliphatic carbocycles. The number of methoxy groups -OCH3 is 1. The van der Waals surface area contributed by atoms with E-state index in [-0.39, 0.29) is 12.3 Å². The van der Waals surface area contributed by atoms with Crippen LogP contribution in [0.2, 0.25) is 5.82 Å². The molecule has 20 heavy (non-hydrogen) atoms. The summed E-state index contributed by atoms with van der Waals surface area (Å²) in [6.45, 7) is 3.67. The fraction of sp³-hybridized carbons (Fsp3) is 0.462. The number of aliphatic hydroxyl groups is 1. The van der Waals surface area contributed by atoms with E-state index >= 15 is 0 Å². The van der Waals surface area contributed by atoms with Crippen LogP contribution in [0.15, 0.2) is 12.1 Å². The van der Waals surface area contributed by atoms with E-state index in [0.29, 0.717) is 0 Å². The van der Waals surface area contributed by atoms with Crippen LogP contribution in [0.3, 0.4) is 0 Å². The van der Waals surface area contributed by atoms with Gasteiger partial charge in [-0.1, -0.05) is 13.0 Å². The average Bonchev–Trinajstić information content (AvgIpc) is 2.45. The van der Waals surface area contributed by atoms with Crippen molar-refractivity contribution in [2.45, 2.75) is 26.1 Å². The molecular weight excluding hydrogens is 263 g/mol. The first kappa shape index (κ1) is 18.3. The normalized spacial score (nSPS) is 15.5. The Morgan fingerprint density at radius 1 is 1.45 bits per heavy atom. The maximum Gasteiger partial charge on any atom is 0.525 e. The number of benzene rings is 1. The van der Waals surface area contributed by atoms with Gasteiger partial charge >= 0.3 is 7.12 Å². The first-order valence-corrected chi connectivity index (χ1v) is 6.08. The van der Waals surface area contributed by atoms with Gasteiger partial charge in [-0.15, -0.1) is 0 Å². The van der Waals surface area contributed by atoms with Crippen LogP contribution in [0.1, 0.15) is 18.1 Å². The van der Waals surface area contributed by atoms with E-state index in [0.717, 1.165) is 36.2 Å². The summed E-state index contributed by atoms with van der Waals surface area (Å²) in [5.74, 6) is 1.72. The molecule has 0 saturated heterocycles. The molecule has 1 unspecified atom stereocenters. The van der Waals surface area contributed by atoms with Gasteiger partial charge in [0.1, 0.15) is 11.5 Å². The molecule has 1 aromatic rings. The van der Waals surface area contributed by atoms with Crippen molar-refractivity contribution in [2.24, 2.45) is 0 Å². The van der Waals surface area contributed by atoms with Crippen molar-refractivity contribution >= 4 is 13.6 Å². The maximum absolute atomic E-state index is 9.65. The van der Waals surface area contributed by atoms with Crippen molar-refractivity contribution in [2.75, 3.05) is 14.2 Å². The molecule has 0 aromatic heterocycles. The van der Waals surface area contributed by atoms with Gasteiger partial charge in [0, 0.05) is 18.5 Å². The number of rotatable bonds is 1. The fourth-order valence-corrected chi connectivity index (χ4v) is 1.96. The third kappa shape index (κ3) is 4.43. The summed E-state index contributed by atoms with van der Waals surface area (Å²) >= 11 is 0. The number of aliphatic hydroxyl groups excluding tert-OH is 1. The molecule has 1 aliphatic rings. The van der Waals surface area contributed by atoms with E-state index in [4.69, 9.17) is 24.4 Å². The van der Waals surface area contributed by atoms with Gasteiger partial charge in [0.25, 0.3) is 6.47 Å². The third-order valence-electron chi connectivity index (χ3n) is 2.92. The second-order valence-corrected chi connectivity index (χ2v) is 4.18. The highest BCUT2D eigenvalue weighted by atomic mass is 16.5. The zero-order valence-corrected chi connectivity index (χ0v) is 12.2. The summed E-state index contributed by atoms with van der Waals surface area (Å²) in [5, 5.41) is 23.5. The van der Waals surface area contributed by atoms with Crippen LogP contribution in [0, 0.1) is 6.92 Å². The maximum atomic E-state index is 9.65. The van der Waals surface area contributed by atoms with Gasteiger partial charge in [-0.2, -0.15) is 0 Å². The summed E-state index contributed by atoms with van der Waals surface area (Å²) in [7, 11) is 1.93. The second-order valence-electron chi connectivity index (χ2n) is 4.18. The molecule has 0 amide bonds. The SMILES string of the molecule is CO.COc1ccc2c(c1C)OB(O)C(C)C2.O=CO. The molecule has 1 atom stereocenters. The predicted molar refractivity (Wildman–Crippen MR) is 76.3 cm³/mol. The molecule has 2 rings (SSSR count). The van der Waals surface area contributed by atoms with Crippen molar-refractivity contribution in [1.29, 1.82) is 0 Å². The fourth-order valence-electron chi connectivity index (χ4n) is 1.96. The van der Waals surface area contributed by atoms with Crippen LogP contribution in [0.5, 0.6) is 11.5 Å². The number of carboxylic acid groups (broad SMARTS) is 1. The Balaban J connectivity index is 0.000000641. The monoisotopic (exact) mass is 284 g/mol. The molecule has 0 bridgehead atoms. The molecule has 3 N–H and O–H groups in total. The highest BCUT2D eigenvalue weighted by Crippen LogP contribution is 2.37. The Morgan fingerprint density at radius 3 is 2.50 bits per heavy atom. The average molecular weight is 284 g/mol. The summed E-state index contributed by atoms with van der Waals surface area (Å²) in [5.41, 5.74) is 2.10. The molecule has 1 aromatic carbocycles. The van der Waals surface area contributed by atoms with E-state index in [9.17, 15) is 5.02 Å². The number of hydrogen-bond donors (Lipinski definition) is 3. The van der Waals surface area contributed by atoms with Crippen molar-refractivity contribution < 1.29 is 29.4 Å². The third-order valence-corrected chi connectivity index (χ3v) is 2.92. The van der Waals surface area contributed by atoms with Crippen LogP contribution in [0.4, 0.5) is 0 Å². The smallest absolute Gasteiger partial charge is 0.525 e. The molecule has 0 saturated carbocycles. The highest BCUT2D eigenvalue weighted by molar-refractivity contribution is 6.46. The Labute approximate surface area is 119 Å². The minimum atomic E-state index is -0.705. The minimum Gasteiger partial charge on any atom is -0.535 e. The Kier molecular flexibility index (Phi) is 8.43. The molecule has 0 spiro atoms. The minimum absolute atomic E-state index is 0.144. The van der Waals surface area contributed by atoms with Crippen molar-refractivity contribution in [1.82, 2.24) is 0 Å². The molecule has 6 nitrogen and oxygen atoms in total. The molecule has 0 radical (unpaired) electrons. The lowest BCUT2D eigenvalue weighted by Crippen LogP contribution is -2.32. The van der Waals surface area contributed by atoms with Crippen molar-refractivity contribution in [3.05, 3.63) is 23.3 Å². The summed E-state index contributed by atoms with van der Waals surface area (Å²) < 4.78 is 10.7. The van der Waals surface area contributed by atoms with Crippen LogP contribution < -0.4 is 9.39 Å². The number of fused-ring (bicyclic) bond motifs is 1. The molecule has 1 heterocycles. The van der Waals surface area contributed by atoms with Gasteiger partial charge in [-0.25, -0.2) is 0 Å². The lowest BCUT2D eigenvalue weighted by molar-refractivity contribution is -0.122. The Bertz CT molecular complexity index is 424. The topological polar surface area (TPSA) is 96.2 Å². The molecule has 1 aliphatic heterocycles. The van der Waals surface area contributed by atoms with E-state index in [2.05, 4.69) is 0 Å². The van der Waals surface area contributed by atoms with Crippen LogP contribution in [-0.2, 0) is 11.2 Å². The Hall–Kier alpha value is -1.73. The lowest BCUT2D eigenvalue weighted by atomic mass is 9.68. The molecule has 112 valence electrons. The summed E-state index contributed by atoms with van der Waals surface area (Å²) in [6, 6.07) is 3.95. The molecule has 0 fully saturated rings. The van der Waals surface area contributed by atoms with Crippen molar-refractivity contribution in [3.63, 3.8) is 0 Å². The van der Waals surface area contributed by atoms with Crippen molar-refractivity contribution in [3.8, 4) is 11.5 Å². The first-order valence-electron chi connectivity index (χ1n) is 6.08. The lowest BCUT2D eigenvalue weighted by Gasteiger charge is -2.26. The van der Waals surface area contributed by atoms with Gasteiger partial charge < -0.3 is 24.6 Å². The van der Waals surface area contributed by atoms with Gasteiger partial charge in [-0.05, 0) is 25.0 Å². The molecular formula is C13H21BO6. The van der Waals surface area contributed by atoms with Gasteiger partial charge in [0.2, 0.25) is 0 Å². The van der Waals surface area contributed by atoms with E-state index in [1.807, 2.05) is 26.0 Å². The zero-order chi connectivity index (χ0) is 15.7. The van der Waals surface area contributed by atoms with Crippen LogP contribution >= 0.6 is 0 Å². The number of ether oxygens (including phenoxy) is 1. The van der Waals surface area contributed by atoms with Gasteiger partial charge in [-0.3, -0.25) is 4.79 Å². The first-order chi connectivity index (χ1) is 9.54.